The van der Waals surface area contributed by atoms with Crippen molar-refractivity contribution in [1.29, 1.82) is 0 Å². The van der Waals surface area contributed by atoms with E-state index < -0.39 is 10.0 Å². The zero-order valence-electron chi connectivity index (χ0n) is 16.4. The molecule has 2 heterocycles. The third-order valence-corrected chi connectivity index (χ3v) is 7.05. The number of benzene rings is 1. The number of pyridine rings is 1. The van der Waals surface area contributed by atoms with E-state index in [4.69, 9.17) is 0 Å². The highest BCUT2D eigenvalue weighted by Crippen LogP contribution is 2.20. The van der Waals surface area contributed by atoms with Crippen LogP contribution >= 0.6 is 0 Å². The molecule has 1 aliphatic rings. The van der Waals surface area contributed by atoms with Gasteiger partial charge in [0.1, 0.15) is 5.82 Å². The first-order chi connectivity index (χ1) is 14.0. The maximum Gasteiger partial charge on any atom is 0.256 e. The van der Waals surface area contributed by atoms with Gasteiger partial charge in [-0.3, -0.25) is 9.69 Å². The number of hydrogen-bond donors (Lipinski definition) is 2. The number of amides is 1. The summed E-state index contributed by atoms with van der Waals surface area (Å²) in [6.45, 7) is 4.01. The summed E-state index contributed by atoms with van der Waals surface area (Å²) in [4.78, 5) is 18.6. The highest BCUT2D eigenvalue weighted by molar-refractivity contribution is 7.89. The number of carbonyl (C=O) groups excluding carboxylic acids is 1. The van der Waals surface area contributed by atoms with E-state index in [9.17, 15) is 18.3 Å². The molecule has 1 aromatic carbocycles. The Morgan fingerprint density at radius 1 is 1.14 bits per heavy atom. The van der Waals surface area contributed by atoms with Gasteiger partial charge in [0.2, 0.25) is 10.0 Å². The SMILES string of the molecule is CC[C@H](CO)N1CCN(S(=O)(=O)c2ccc(C(=O)Nc3ccccn3)cc2)CC1. The molecule has 2 N–H and O–H groups in total. The van der Waals surface area contributed by atoms with Crippen molar-refractivity contribution in [3.8, 4) is 0 Å². The Labute approximate surface area is 171 Å². The van der Waals surface area contributed by atoms with Gasteiger partial charge in [0.15, 0.2) is 0 Å². The number of aromatic nitrogens is 1. The second-order valence-electron chi connectivity index (χ2n) is 6.88. The molecule has 9 heteroatoms. The summed E-state index contributed by atoms with van der Waals surface area (Å²) < 4.78 is 27.3. The number of aliphatic hydroxyl groups is 1. The maximum atomic E-state index is 12.9. The first-order valence-corrected chi connectivity index (χ1v) is 11.1. The van der Waals surface area contributed by atoms with Gasteiger partial charge in [-0.25, -0.2) is 13.4 Å². The number of carbonyl (C=O) groups is 1. The van der Waals surface area contributed by atoms with Crippen LogP contribution in [-0.2, 0) is 10.0 Å². The van der Waals surface area contributed by atoms with Crippen molar-refractivity contribution in [2.45, 2.75) is 24.3 Å². The van der Waals surface area contributed by atoms with Crippen LogP contribution in [0.25, 0.3) is 0 Å². The lowest BCUT2D eigenvalue weighted by Gasteiger charge is -2.37. The molecule has 1 aromatic heterocycles. The highest BCUT2D eigenvalue weighted by Gasteiger charge is 2.30. The van der Waals surface area contributed by atoms with Gasteiger partial charge in [-0.05, 0) is 42.8 Å². The van der Waals surface area contributed by atoms with E-state index in [2.05, 4.69) is 15.2 Å². The molecule has 0 spiro atoms. The Balaban J connectivity index is 1.65. The summed E-state index contributed by atoms with van der Waals surface area (Å²) in [5, 5.41) is 12.1. The van der Waals surface area contributed by atoms with Crippen LogP contribution in [0.15, 0.2) is 53.6 Å². The number of sulfonamides is 1. The van der Waals surface area contributed by atoms with Crippen LogP contribution in [0.4, 0.5) is 5.82 Å². The fourth-order valence-corrected chi connectivity index (χ4v) is 4.79. The predicted octanol–water partition coefficient (Wildman–Crippen LogP) is 1.41. The molecule has 1 atom stereocenters. The van der Waals surface area contributed by atoms with Gasteiger partial charge in [-0.15, -0.1) is 0 Å². The van der Waals surface area contributed by atoms with Gasteiger partial charge in [0.05, 0.1) is 11.5 Å². The summed E-state index contributed by atoms with van der Waals surface area (Å²) in [6.07, 6.45) is 2.40. The van der Waals surface area contributed by atoms with Gasteiger partial charge in [-0.1, -0.05) is 13.0 Å². The minimum Gasteiger partial charge on any atom is -0.395 e. The number of piperazine rings is 1. The molecule has 0 aliphatic carbocycles. The third kappa shape index (κ3) is 4.99. The second-order valence-corrected chi connectivity index (χ2v) is 8.82. The minimum atomic E-state index is -3.63. The van der Waals surface area contributed by atoms with E-state index in [1.807, 2.05) is 6.92 Å². The lowest BCUT2D eigenvalue weighted by molar-refractivity contribution is 0.0881. The average Bonchev–Trinajstić information content (AvgIpc) is 2.76. The summed E-state index contributed by atoms with van der Waals surface area (Å²) in [7, 11) is -3.63. The van der Waals surface area contributed by atoms with Crippen molar-refractivity contribution >= 4 is 21.7 Å². The number of nitrogens with one attached hydrogen (secondary N) is 1. The van der Waals surface area contributed by atoms with E-state index in [1.54, 1.807) is 24.4 Å². The molecule has 8 nitrogen and oxygen atoms in total. The Bertz CT molecular complexity index is 907. The van der Waals surface area contributed by atoms with E-state index in [0.717, 1.165) is 6.42 Å². The average molecular weight is 419 g/mol. The Morgan fingerprint density at radius 3 is 2.38 bits per heavy atom. The largest absolute Gasteiger partial charge is 0.395 e. The third-order valence-electron chi connectivity index (χ3n) is 5.13. The smallest absolute Gasteiger partial charge is 0.256 e. The van der Waals surface area contributed by atoms with Gasteiger partial charge in [0, 0.05) is 44.0 Å². The maximum absolute atomic E-state index is 12.9. The highest BCUT2D eigenvalue weighted by atomic mass is 32.2. The molecule has 0 bridgehead atoms. The summed E-state index contributed by atoms with van der Waals surface area (Å²) in [5.74, 6) is 0.0798. The fraction of sp³-hybridized carbons (Fsp3) is 0.400. The van der Waals surface area contributed by atoms with Crippen LogP contribution in [-0.4, -0.2) is 72.4 Å². The lowest BCUT2D eigenvalue weighted by Crippen LogP contribution is -2.52. The minimum absolute atomic E-state index is 0.0664. The molecule has 1 aliphatic heterocycles. The number of nitrogens with zero attached hydrogens (tertiary/aromatic N) is 3. The normalized spacial score (nSPS) is 17.0. The molecule has 1 saturated heterocycles. The zero-order chi connectivity index (χ0) is 20.9. The molecular weight excluding hydrogens is 392 g/mol. The molecule has 0 unspecified atom stereocenters. The molecule has 156 valence electrons. The van der Waals surface area contributed by atoms with Crippen molar-refractivity contribution in [3.05, 3.63) is 54.2 Å². The van der Waals surface area contributed by atoms with Crippen LogP contribution in [0.3, 0.4) is 0 Å². The number of hydrogen-bond acceptors (Lipinski definition) is 6. The van der Waals surface area contributed by atoms with Crippen LogP contribution < -0.4 is 5.32 Å². The second kappa shape index (κ2) is 9.45. The van der Waals surface area contributed by atoms with Gasteiger partial charge in [0.25, 0.3) is 5.91 Å². The van der Waals surface area contributed by atoms with E-state index in [-0.39, 0.29) is 23.5 Å². The summed E-state index contributed by atoms with van der Waals surface area (Å²) in [6, 6.07) is 11.2. The van der Waals surface area contributed by atoms with Crippen molar-refractivity contribution in [3.63, 3.8) is 0 Å². The quantitative estimate of drug-likeness (QED) is 0.705. The number of anilines is 1. The Hall–Kier alpha value is -2.33. The Morgan fingerprint density at radius 2 is 1.83 bits per heavy atom. The standard InChI is InChI=1S/C20H26N4O4S/c1-2-17(15-25)23-11-13-24(14-12-23)29(27,28)18-8-6-16(7-9-18)20(26)22-19-5-3-4-10-21-19/h3-10,17,25H,2,11-15H2,1H3,(H,21,22,26)/t17-/m1/s1. The number of aliphatic hydroxyl groups excluding tert-OH is 1. The number of rotatable bonds is 7. The molecule has 0 saturated carbocycles. The van der Waals surface area contributed by atoms with Gasteiger partial charge >= 0.3 is 0 Å². The van der Waals surface area contributed by atoms with Crippen LogP contribution in [0.1, 0.15) is 23.7 Å². The molecular formula is C20H26N4O4S. The predicted molar refractivity (Wildman–Crippen MR) is 110 cm³/mol. The van der Waals surface area contributed by atoms with Crippen LogP contribution in [0.5, 0.6) is 0 Å². The molecule has 3 rings (SSSR count). The molecule has 2 aromatic rings. The first-order valence-electron chi connectivity index (χ1n) is 9.63. The van der Waals surface area contributed by atoms with Gasteiger partial charge < -0.3 is 10.4 Å². The fourth-order valence-electron chi connectivity index (χ4n) is 3.36. The van der Waals surface area contributed by atoms with Crippen molar-refractivity contribution < 1.29 is 18.3 Å². The first kappa shape index (κ1) is 21.4. The lowest BCUT2D eigenvalue weighted by atomic mass is 10.2. The van der Waals surface area contributed by atoms with E-state index in [0.29, 0.717) is 37.6 Å². The van der Waals surface area contributed by atoms with Crippen molar-refractivity contribution in [2.24, 2.45) is 0 Å². The molecule has 1 fully saturated rings. The summed E-state index contributed by atoms with van der Waals surface area (Å²) in [5.41, 5.74) is 0.355. The zero-order valence-corrected chi connectivity index (χ0v) is 17.2. The topological polar surface area (TPSA) is 103 Å². The van der Waals surface area contributed by atoms with Gasteiger partial charge in [-0.2, -0.15) is 4.31 Å². The van der Waals surface area contributed by atoms with E-state index in [1.165, 1.54) is 28.6 Å². The van der Waals surface area contributed by atoms with Crippen molar-refractivity contribution in [2.75, 3.05) is 38.1 Å². The molecule has 0 radical (unpaired) electrons. The molecule has 1 amide bonds. The van der Waals surface area contributed by atoms with Crippen LogP contribution in [0, 0.1) is 0 Å². The molecule has 29 heavy (non-hydrogen) atoms. The van der Waals surface area contributed by atoms with E-state index >= 15 is 0 Å². The monoisotopic (exact) mass is 418 g/mol. The Kier molecular flexibility index (Phi) is 6.96. The van der Waals surface area contributed by atoms with Crippen molar-refractivity contribution in [1.82, 2.24) is 14.2 Å². The van der Waals surface area contributed by atoms with Crippen LogP contribution in [0.2, 0.25) is 0 Å². The summed E-state index contributed by atoms with van der Waals surface area (Å²) >= 11 is 0.